The van der Waals surface area contributed by atoms with Crippen LogP contribution in [-0.4, -0.2) is 31.4 Å². The van der Waals surface area contributed by atoms with E-state index in [4.69, 9.17) is 11.6 Å². The zero-order valence-corrected chi connectivity index (χ0v) is 15.0. The van der Waals surface area contributed by atoms with Crippen molar-refractivity contribution in [1.29, 1.82) is 0 Å². The number of carbonyl (C=O) groups is 2. The topological polar surface area (TPSA) is 61.4 Å². The molecule has 2 aromatic carbocycles. The SMILES string of the molecule is O=C1CN(c2ccccc2NC(=O)c2cc(Br)ccc2Cl)CCN1. The average molecular weight is 409 g/mol. The molecule has 0 atom stereocenters. The average Bonchev–Trinajstić information content (AvgIpc) is 2.57. The van der Waals surface area contributed by atoms with Crippen molar-refractivity contribution in [2.75, 3.05) is 29.9 Å². The molecule has 5 nitrogen and oxygen atoms in total. The number of hydrogen-bond donors (Lipinski definition) is 2. The van der Waals surface area contributed by atoms with Crippen molar-refractivity contribution in [3.05, 3.63) is 57.5 Å². The molecule has 0 aliphatic carbocycles. The number of nitrogens with one attached hydrogen (secondary N) is 2. The maximum absolute atomic E-state index is 12.6. The number of hydrogen-bond acceptors (Lipinski definition) is 3. The second-order valence-electron chi connectivity index (χ2n) is 5.37. The van der Waals surface area contributed by atoms with Crippen molar-refractivity contribution < 1.29 is 9.59 Å². The first-order valence-electron chi connectivity index (χ1n) is 7.41. The van der Waals surface area contributed by atoms with Gasteiger partial charge in [0, 0.05) is 17.6 Å². The minimum absolute atomic E-state index is 0.0302. The van der Waals surface area contributed by atoms with E-state index in [9.17, 15) is 9.59 Å². The Morgan fingerprint density at radius 1 is 1.25 bits per heavy atom. The summed E-state index contributed by atoms with van der Waals surface area (Å²) in [6.07, 6.45) is 0. The van der Waals surface area contributed by atoms with Gasteiger partial charge in [-0.1, -0.05) is 39.7 Å². The number of benzene rings is 2. The minimum atomic E-state index is -0.296. The van der Waals surface area contributed by atoms with E-state index >= 15 is 0 Å². The predicted molar refractivity (Wildman–Crippen MR) is 98.8 cm³/mol. The highest BCUT2D eigenvalue weighted by atomic mass is 79.9. The molecule has 1 aliphatic rings. The Kier molecular flexibility index (Phi) is 5.06. The summed E-state index contributed by atoms with van der Waals surface area (Å²) >= 11 is 9.46. The number of piperazine rings is 1. The molecule has 2 N–H and O–H groups in total. The van der Waals surface area contributed by atoms with Crippen LogP contribution in [0.4, 0.5) is 11.4 Å². The van der Waals surface area contributed by atoms with E-state index in [1.165, 1.54) is 0 Å². The van der Waals surface area contributed by atoms with Gasteiger partial charge < -0.3 is 15.5 Å². The van der Waals surface area contributed by atoms with E-state index in [0.717, 1.165) is 10.2 Å². The van der Waals surface area contributed by atoms with E-state index in [-0.39, 0.29) is 18.4 Å². The van der Waals surface area contributed by atoms with Crippen LogP contribution in [-0.2, 0) is 4.79 Å². The molecule has 1 heterocycles. The zero-order valence-electron chi connectivity index (χ0n) is 12.7. The van der Waals surface area contributed by atoms with Crippen LogP contribution in [0.25, 0.3) is 0 Å². The molecule has 3 rings (SSSR count). The second-order valence-corrected chi connectivity index (χ2v) is 6.69. The molecule has 0 spiro atoms. The van der Waals surface area contributed by atoms with Gasteiger partial charge in [-0.15, -0.1) is 0 Å². The first kappa shape index (κ1) is 16.8. The van der Waals surface area contributed by atoms with Crippen LogP contribution in [0.5, 0.6) is 0 Å². The number of carbonyl (C=O) groups excluding carboxylic acids is 2. The lowest BCUT2D eigenvalue weighted by atomic mass is 10.2. The Balaban J connectivity index is 1.86. The molecule has 1 fully saturated rings. The molecule has 0 saturated carbocycles. The largest absolute Gasteiger partial charge is 0.359 e. The molecule has 0 unspecified atom stereocenters. The zero-order chi connectivity index (χ0) is 17.1. The van der Waals surface area contributed by atoms with Crippen LogP contribution < -0.4 is 15.5 Å². The highest BCUT2D eigenvalue weighted by Gasteiger charge is 2.20. The summed E-state index contributed by atoms with van der Waals surface area (Å²) in [5.41, 5.74) is 1.84. The Morgan fingerprint density at radius 3 is 2.83 bits per heavy atom. The van der Waals surface area contributed by atoms with Crippen LogP contribution >= 0.6 is 27.5 Å². The lowest BCUT2D eigenvalue weighted by molar-refractivity contribution is -0.120. The molecule has 24 heavy (non-hydrogen) atoms. The standard InChI is InChI=1S/C17H15BrClN3O2/c18-11-5-6-13(19)12(9-11)17(24)21-14-3-1-2-4-15(14)22-8-7-20-16(23)10-22/h1-6,9H,7-8,10H2,(H,20,23)(H,21,24). The fourth-order valence-corrected chi connectivity index (χ4v) is 3.12. The van der Waals surface area contributed by atoms with Crippen LogP contribution in [0.15, 0.2) is 46.9 Å². The Bertz CT molecular complexity index is 797. The molecular weight excluding hydrogens is 394 g/mol. The highest BCUT2D eigenvalue weighted by Crippen LogP contribution is 2.28. The first-order valence-corrected chi connectivity index (χ1v) is 8.59. The van der Waals surface area contributed by atoms with Crippen LogP contribution in [0, 0.1) is 0 Å². The van der Waals surface area contributed by atoms with Gasteiger partial charge in [0.15, 0.2) is 0 Å². The summed E-state index contributed by atoms with van der Waals surface area (Å²) in [6, 6.07) is 12.5. The monoisotopic (exact) mass is 407 g/mol. The molecule has 2 amide bonds. The van der Waals surface area contributed by atoms with Crippen molar-refractivity contribution in [3.8, 4) is 0 Å². The van der Waals surface area contributed by atoms with Crippen LogP contribution in [0.3, 0.4) is 0 Å². The second kappa shape index (κ2) is 7.23. The van der Waals surface area contributed by atoms with E-state index < -0.39 is 0 Å². The third kappa shape index (κ3) is 3.71. The van der Waals surface area contributed by atoms with E-state index in [1.54, 1.807) is 18.2 Å². The maximum Gasteiger partial charge on any atom is 0.257 e. The quantitative estimate of drug-likeness (QED) is 0.819. The summed E-state index contributed by atoms with van der Waals surface area (Å²) in [4.78, 5) is 26.1. The van der Waals surface area contributed by atoms with Gasteiger partial charge in [0.05, 0.1) is 28.5 Å². The summed E-state index contributed by atoms with van der Waals surface area (Å²) < 4.78 is 0.776. The number of nitrogens with zero attached hydrogens (tertiary/aromatic N) is 1. The molecule has 0 aromatic heterocycles. The minimum Gasteiger partial charge on any atom is -0.359 e. The Labute approximate surface area is 153 Å². The van der Waals surface area contributed by atoms with Gasteiger partial charge in [-0.05, 0) is 30.3 Å². The molecule has 1 aliphatic heterocycles. The molecule has 7 heteroatoms. The fourth-order valence-electron chi connectivity index (χ4n) is 2.56. The maximum atomic E-state index is 12.6. The van der Waals surface area contributed by atoms with E-state index in [0.29, 0.717) is 29.4 Å². The Hall–Kier alpha value is -2.05. The van der Waals surface area contributed by atoms with Crippen LogP contribution in [0.2, 0.25) is 5.02 Å². The summed E-state index contributed by atoms with van der Waals surface area (Å²) in [5, 5.41) is 6.06. The highest BCUT2D eigenvalue weighted by molar-refractivity contribution is 9.10. The van der Waals surface area contributed by atoms with Gasteiger partial charge in [0.1, 0.15) is 0 Å². The predicted octanol–water partition coefficient (Wildman–Crippen LogP) is 3.29. The summed E-state index contributed by atoms with van der Waals surface area (Å²) in [7, 11) is 0. The third-order valence-electron chi connectivity index (χ3n) is 3.70. The van der Waals surface area contributed by atoms with Gasteiger partial charge in [-0.25, -0.2) is 0 Å². The molecule has 0 radical (unpaired) electrons. The Morgan fingerprint density at radius 2 is 2.04 bits per heavy atom. The van der Waals surface area contributed by atoms with Crippen molar-refractivity contribution in [3.63, 3.8) is 0 Å². The normalized spacial score (nSPS) is 14.2. The van der Waals surface area contributed by atoms with Gasteiger partial charge in [-0.3, -0.25) is 9.59 Å². The van der Waals surface area contributed by atoms with Gasteiger partial charge in [0.25, 0.3) is 5.91 Å². The van der Waals surface area contributed by atoms with Gasteiger partial charge >= 0.3 is 0 Å². The first-order chi connectivity index (χ1) is 11.5. The number of halogens is 2. The summed E-state index contributed by atoms with van der Waals surface area (Å²) in [5.74, 6) is -0.326. The lowest BCUT2D eigenvalue weighted by Gasteiger charge is -2.30. The lowest BCUT2D eigenvalue weighted by Crippen LogP contribution is -2.47. The van der Waals surface area contributed by atoms with Crippen molar-refractivity contribution >= 4 is 50.7 Å². The van der Waals surface area contributed by atoms with Crippen molar-refractivity contribution in [2.45, 2.75) is 0 Å². The van der Waals surface area contributed by atoms with Gasteiger partial charge in [-0.2, -0.15) is 0 Å². The van der Waals surface area contributed by atoms with E-state index in [1.807, 2.05) is 29.2 Å². The van der Waals surface area contributed by atoms with E-state index in [2.05, 4.69) is 26.6 Å². The van der Waals surface area contributed by atoms with Gasteiger partial charge in [0.2, 0.25) is 5.91 Å². The molecule has 1 saturated heterocycles. The number of rotatable bonds is 3. The molecular formula is C17H15BrClN3O2. The molecule has 0 bridgehead atoms. The van der Waals surface area contributed by atoms with Crippen molar-refractivity contribution in [1.82, 2.24) is 5.32 Å². The van der Waals surface area contributed by atoms with Crippen molar-refractivity contribution in [2.24, 2.45) is 0 Å². The fraction of sp³-hybridized carbons (Fsp3) is 0.176. The number of amides is 2. The smallest absolute Gasteiger partial charge is 0.257 e. The third-order valence-corrected chi connectivity index (χ3v) is 4.53. The van der Waals surface area contributed by atoms with Crippen LogP contribution in [0.1, 0.15) is 10.4 Å². The number of anilines is 2. The number of para-hydroxylation sites is 2. The molecule has 124 valence electrons. The molecule has 2 aromatic rings. The summed E-state index contributed by atoms with van der Waals surface area (Å²) in [6.45, 7) is 1.54.